The van der Waals surface area contributed by atoms with Crippen LogP contribution in [0, 0.1) is 6.92 Å². The van der Waals surface area contributed by atoms with Crippen molar-refractivity contribution in [3.63, 3.8) is 0 Å². The first-order chi connectivity index (χ1) is 8.58. The summed E-state index contributed by atoms with van der Waals surface area (Å²) < 4.78 is 0. The Morgan fingerprint density at radius 2 is 2.33 bits per heavy atom. The van der Waals surface area contributed by atoms with E-state index in [1.165, 1.54) is 29.2 Å². The van der Waals surface area contributed by atoms with Gasteiger partial charge in [0.2, 0.25) is 0 Å². The van der Waals surface area contributed by atoms with Crippen LogP contribution in [0.3, 0.4) is 0 Å². The average molecular weight is 280 g/mol. The number of aryl methyl sites for hydroxylation is 1. The Kier molecular flexibility index (Phi) is 4.65. The van der Waals surface area contributed by atoms with Gasteiger partial charge in [-0.25, -0.2) is 0 Å². The summed E-state index contributed by atoms with van der Waals surface area (Å²) in [6.07, 6.45) is 0. The number of hydrogen-bond donors (Lipinski definition) is 1. The Labute approximate surface area is 119 Å². The summed E-state index contributed by atoms with van der Waals surface area (Å²) in [5.74, 6) is 2.48. The molecule has 0 radical (unpaired) electrons. The maximum atomic E-state index is 5.66. The van der Waals surface area contributed by atoms with Crippen LogP contribution in [0.25, 0.3) is 0 Å². The first-order valence-corrected chi connectivity index (χ1v) is 7.85. The number of rotatable bonds is 3. The van der Waals surface area contributed by atoms with E-state index in [9.17, 15) is 0 Å². The first-order valence-electron chi connectivity index (χ1n) is 6.29. The lowest BCUT2D eigenvalue weighted by Gasteiger charge is -2.33. The Morgan fingerprint density at radius 3 is 2.94 bits per heavy atom. The smallest absolute Gasteiger partial charge is 0.103 e. The first kappa shape index (κ1) is 13.8. The third kappa shape index (κ3) is 3.25. The molecule has 0 bridgehead atoms. The number of nitrogens with two attached hydrogens (primary N) is 1. The van der Waals surface area contributed by atoms with Gasteiger partial charge in [0.15, 0.2) is 0 Å². The fraction of sp³-hybridized carbons (Fsp3) is 0.500. The molecule has 1 unspecified atom stereocenters. The van der Waals surface area contributed by atoms with Gasteiger partial charge in [-0.3, -0.25) is 4.90 Å². The topological polar surface area (TPSA) is 29.3 Å². The zero-order valence-corrected chi connectivity index (χ0v) is 12.6. The summed E-state index contributed by atoms with van der Waals surface area (Å²) in [5, 5.41) is 0. The molecule has 1 atom stereocenters. The Balaban J connectivity index is 2.11. The molecule has 1 aromatic rings. The molecule has 0 aromatic heterocycles. The van der Waals surface area contributed by atoms with Gasteiger partial charge in [0.05, 0.1) is 0 Å². The minimum Gasteiger partial charge on any atom is -0.389 e. The van der Waals surface area contributed by atoms with E-state index in [2.05, 4.69) is 42.6 Å². The van der Waals surface area contributed by atoms with E-state index in [0.29, 0.717) is 11.0 Å². The van der Waals surface area contributed by atoms with Gasteiger partial charge in [0, 0.05) is 36.2 Å². The van der Waals surface area contributed by atoms with Crippen molar-refractivity contribution < 1.29 is 0 Å². The molecule has 1 saturated heterocycles. The van der Waals surface area contributed by atoms with Gasteiger partial charge in [-0.05, 0) is 31.0 Å². The fourth-order valence-corrected chi connectivity index (χ4v) is 3.45. The monoisotopic (exact) mass is 280 g/mol. The zero-order chi connectivity index (χ0) is 13.1. The lowest BCUT2D eigenvalue weighted by molar-refractivity contribution is 0.223. The predicted octanol–water partition coefficient (Wildman–Crippen LogP) is 2.57. The van der Waals surface area contributed by atoms with E-state index in [1.54, 1.807) is 0 Å². The standard InChI is InChI=1S/C14H20N2S2/c1-10-7-12(14(15)17)3-4-13(10)8-16-5-6-18-9-11(16)2/h3-4,7,11H,5-6,8-9H2,1-2H3,(H2,15,17). The summed E-state index contributed by atoms with van der Waals surface area (Å²) in [4.78, 5) is 3.03. The summed E-state index contributed by atoms with van der Waals surface area (Å²) in [7, 11) is 0. The number of nitrogens with zero attached hydrogens (tertiary/aromatic N) is 1. The van der Waals surface area contributed by atoms with Gasteiger partial charge in [-0.15, -0.1) is 0 Å². The molecule has 1 aliphatic heterocycles. The van der Waals surface area contributed by atoms with E-state index in [-0.39, 0.29) is 0 Å². The molecule has 2 N–H and O–H groups in total. The highest BCUT2D eigenvalue weighted by atomic mass is 32.2. The van der Waals surface area contributed by atoms with E-state index in [1.807, 2.05) is 6.07 Å². The predicted molar refractivity (Wildman–Crippen MR) is 84.3 cm³/mol. The largest absolute Gasteiger partial charge is 0.389 e. The molecule has 98 valence electrons. The second-order valence-corrected chi connectivity index (χ2v) is 6.49. The van der Waals surface area contributed by atoms with Gasteiger partial charge in [-0.1, -0.05) is 24.4 Å². The van der Waals surface area contributed by atoms with E-state index in [4.69, 9.17) is 18.0 Å². The van der Waals surface area contributed by atoms with Crippen molar-refractivity contribution in [3.05, 3.63) is 34.9 Å². The highest BCUT2D eigenvalue weighted by Crippen LogP contribution is 2.20. The van der Waals surface area contributed by atoms with Crippen LogP contribution < -0.4 is 5.73 Å². The van der Waals surface area contributed by atoms with E-state index < -0.39 is 0 Å². The molecule has 1 fully saturated rings. The molecule has 1 aliphatic rings. The Hall–Kier alpha value is -0.580. The normalized spacial score (nSPS) is 20.9. The van der Waals surface area contributed by atoms with Crippen LogP contribution in [0.1, 0.15) is 23.6 Å². The minimum atomic E-state index is 0.479. The molecule has 0 saturated carbocycles. The van der Waals surface area contributed by atoms with Crippen molar-refractivity contribution in [1.29, 1.82) is 0 Å². The molecule has 2 rings (SSSR count). The van der Waals surface area contributed by atoms with Crippen molar-refractivity contribution >= 4 is 29.0 Å². The second-order valence-electron chi connectivity index (χ2n) is 4.90. The van der Waals surface area contributed by atoms with Crippen molar-refractivity contribution in [2.24, 2.45) is 5.73 Å². The highest BCUT2D eigenvalue weighted by molar-refractivity contribution is 7.99. The van der Waals surface area contributed by atoms with Crippen molar-refractivity contribution in [2.75, 3.05) is 18.1 Å². The average Bonchev–Trinajstić information content (AvgIpc) is 2.34. The number of thiocarbonyl (C=S) groups is 1. The van der Waals surface area contributed by atoms with Gasteiger partial charge in [0.1, 0.15) is 4.99 Å². The van der Waals surface area contributed by atoms with Crippen molar-refractivity contribution in [1.82, 2.24) is 4.90 Å². The lowest BCUT2D eigenvalue weighted by atomic mass is 10.0. The van der Waals surface area contributed by atoms with Gasteiger partial charge in [0.25, 0.3) is 0 Å². The molecule has 2 nitrogen and oxygen atoms in total. The Morgan fingerprint density at radius 1 is 1.56 bits per heavy atom. The Bertz CT molecular complexity index is 445. The fourth-order valence-electron chi connectivity index (χ4n) is 2.24. The minimum absolute atomic E-state index is 0.479. The molecule has 1 aromatic carbocycles. The van der Waals surface area contributed by atoms with Crippen LogP contribution >= 0.6 is 24.0 Å². The van der Waals surface area contributed by atoms with Crippen LogP contribution in [0.4, 0.5) is 0 Å². The maximum Gasteiger partial charge on any atom is 0.103 e. The summed E-state index contributed by atoms with van der Waals surface area (Å²) in [6, 6.07) is 6.96. The third-order valence-electron chi connectivity index (χ3n) is 3.51. The van der Waals surface area contributed by atoms with Gasteiger partial charge < -0.3 is 5.73 Å². The molecular weight excluding hydrogens is 260 g/mol. The molecule has 18 heavy (non-hydrogen) atoms. The highest BCUT2D eigenvalue weighted by Gasteiger charge is 2.19. The molecule has 0 amide bonds. The second kappa shape index (κ2) is 6.04. The van der Waals surface area contributed by atoms with Crippen LogP contribution in [-0.4, -0.2) is 34.0 Å². The molecule has 0 aliphatic carbocycles. The van der Waals surface area contributed by atoms with E-state index in [0.717, 1.165) is 12.1 Å². The maximum absolute atomic E-state index is 5.66. The van der Waals surface area contributed by atoms with Gasteiger partial charge >= 0.3 is 0 Å². The molecule has 0 spiro atoms. The number of thioether (sulfide) groups is 1. The van der Waals surface area contributed by atoms with Crippen molar-refractivity contribution in [2.45, 2.75) is 26.4 Å². The van der Waals surface area contributed by atoms with Crippen LogP contribution in [0.2, 0.25) is 0 Å². The van der Waals surface area contributed by atoms with Crippen LogP contribution in [-0.2, 0) is 6.54 Å². The van der Waals surface area contributed by atoms with Gasteiger partial charge in [-0.2, -0.15) is 11.8 Å². The number of benzene rings is 1. The quantitative estimate of drug-likeness (QED) is 0.862. The zero-order valence-electron chi connectivity index (χ0n) is 11.0. The summed E-state index contributed by atoms with van der Waals surface area (Å²) >= 11 is 7.06. The summed E-state index contributed by atoms with van der Waals surface area (Å²) in [5.41, 5.74) is 9.29. The summed E-state index contributed by atoms with van der Waals surface area (Å²) in [6.45, 7) is 6.67. The van der Waals surface area contributed by atoms with Crippen molar-refractivity contribution in [3.8, 4) is 0 Å². The SMILES string of the molecule is Cc1cc(C(N)=S)ccc1CN1CCSCC1C. The number of hydrogen-bond acceptors (Lipinski definition) is 3. The third-order valence-corrected chi connectivity index (χ3v) is 4.93. The van der Waals surface area contributed by atoms with E-state index >= 15 is 0 Å². The lowest BCUT2D eigenvalue weighted by Crippen LogP contribution is -2.39. The molecule has 4 heteroatoms. The van der Waals surface area contributed by atoms with Crippen LogP contribution in [0.15, 0.2) is 18.2 Å². The van der Waals surface area contributed by atoms with Crippen LogP contribution in [0.5, 0.6) is 0 Å². The molecular formula is C14H20N2S2. The molecule has 1 heterocycles.